The van der Waals surface area contributed by atoms with E-state index in [1.807, 2.05) is 26.8 Å². The smallest absolute Gasteiger partial charge is 0.410 e. The molecule has 0 bridgehead atoms. The molecule has 1 fully saturated rings. The third-order valence-corrected chi connectivity index (χ3v) is 5.11. The molecule has 1 N–H and O–H groups in total. The van der Waals surface area contributed by atoms with Crippen LogP contribution in [-0.2, 0) is 27.1 Å². The van der Waals surface area contributed by atoms with Gasteiger partial charge in [-0.25, -0.2) is 4.79 Å². The third kappa shape index (κ3) is 3.98. The highest BCUT2D eigenvalue weighted by molar-refractivity contribution is 6.07. The van der Waals surface area contributed by atoms with Crippen molar-refractivity contribution < 1.29 is 29.0 Å². The Balaban J connectivity index is 1.68. The van der Waals surface area contributed by atoms with Crippen molar-refractivity contribution in [2.45, 2.75) is 52.6 Å². The zero-order valence-electron chi connectivity index (χ0n) is 16.8. The fraction of sp³-hybridized carbons (Fsp3) is 0.571. The van der Waals surface area contributed by atoms with Gasteiger partial charge < -0.3 is 19.5 Å². The number of phenols is 1. The van der Waals surface area contributed by atoms with Gasteiger partial charge in [-0.05, 0) is 57.7 Å². The zero-order chi connectivity index (χ0) is 20.7. The highest BCUT2D eigenvalue weighted by Crippen LogP contribution is 2.47. The number of Topliss-reactive ketones (excluding diaryl/α,β-unsaturated/α-hetero) is 1. The van der Waals surface area contributed by atoms with Gasteiger partial charge in [-0.2, -0.15) is 0 Å². The van der Waals surface area contributed by atoms with Crippen molar-refractivity contribution in [2.24, 2.45) is 5.41 Å². The molecule has 1 aliphatic carbocycles. The number of benzene rings is 1. The predicted octanol–water partition coefficient (Wildman–Crippen LogP) is 2.86. The number of ketones is 1. The molecule has 28 heavy (non-hydrogen) atoms. The van der Waals surface area contributed by atoms with Crippen molar-refractivity contribution >= 4 is 17.8 Å². The molecular weight excluding hydrogens is 362 g/mol. The SMILES string of the molecule is CCOC(=O)CC(=O)c1ccc2c(c1O)CC1(C2)CN(C(=O)OC(C)(C)C)C1. The van der Waals surface area contributed by atoms with Gasteiger partial charge in [0, 0.05) is 18.5 Å². The zero-order valence-corrected chi connectivity index (χ0v) is 16.8. The van der Waals surface area contributed by atoms with Crippen LogP contribution < -0.4 is 0 Å². The molecule has 7 heteroatoms. The highest BCUT2D eigenvalue weighted by atomic mass is 16.6. The summed E-state index contributed by atoms with van der Waals surface area (Å²) < 4.78 is 10.2. The molecule has 1 spiro atoms. The average Bonchev–Trinajstić information content (AvgIpc) is 2.93. The Morgan fingerprint density at radius 1 is 1.18 bits per heavy atom. The summed E-state index contributed by atoms with van der Waals surface area (Å²) in [6.45, 7) is 8.49. The Morgan fingerprint density at radius 3 is 2.46 bits per heavy atom. The van der Waals surface area contributed by atoms with E-state index in [1.54, 1.807) is 17.9 Å². The second kappa shape index (κ2) is 7.11. The van der Waals surface area contributed by atoms with Crippen LogP contribution >= 0.6 is 0 Å². The topological polar surface area (TPSA) is 93.1 Å². The molecule has 1 amide bonds. The van der Waals surface area contributed by atoms with Gasteiger partial charge >= 0.3 is 12.1 Å². The van der Waals surface area contributed by atoms with E-state index in [1.165, 1.54) is 0 Å². The second-order valence-corrected chi connectivity index (χ2v) is 8.69. The minimum absolute atomic E-state index is 0.0561. The Kier molecular flexibility index (Phi) is 5.12. The average molecular weight is 389 g/mol. The van der Waals surface area contributed by atoms with E-state index < -0.39 is 23.8 Å². The van der Waals surface area contributed by atoms with E-state index in [9.17, 15) is 19.5 Å². The number of hydrogen-bond acceptors (Lipinski definition) is 6. The fourth-order valence-electron chi connectivity index (χ4n) is 3.99. The number of carbonyl (C=O) groups is 3. The van der Waals surface area contributed by atoms with Crippen LogP contribution in [0.1, 0.15) is 55.6 Å². The lowest BCUT2D eigenvalue weighted by atomic mass is 9.77. The van der Waals surface area contributed by atoms with E-state index >= 15 is 0 Å². The van der Waals surface area contributed by atoms with Crippen molar-refractivity contribution in [3.63, 3.8) is 0 Å². The van der Waals surface area contributed by atoms with Crippen molar-refractivity contribution in [1.82, 2.24) is 4.90 Å². The molecule has 0 saturated carbocycles. The van der Waals surface area contributed by atoms with Gasteiger partial charge in [-0.1, -0.05) is 6.07 Å². The van der Waals surface area contributed by atoms with Gasteiger partial charge in [-0.3, -0.25) is 9.59 Å². The number of likely N-dealkylation sites (tertiary alicyclic amines) is 1. The standard InChI is InChI=1S/C21H27NO6/c1-5-27-17(24)8-16(23)14-7-6-13-9-21(10-15(13)18(14)25)11-22(12-21)19(26)28-20(2,3)4/h6-7,25H,5,8-12H2,1-4H3. The van der Waals surface area contributed by atoms with Gasteiger partial charge in [0.25, 0.3) is 0 Å². The number of fused-ring (bicyclic) bond motifs is 1. The lowest BCUT2D eigenvalue weighted by molar-refractivity contribution is -0.141. The first-order valence-electron chi connectivity index (χ1n) is 9.54. The largest absolute Gasteiger partial charge is 0.507 e. The van der Waals surface area contributed by atoms with E-state index in [4.69, 9.17) is 9.47 Å². The molecule has 1 aliphatic heterocycles. The Hall–Kier alpha value is -2.57. The summed E-state index contributed by atoms with van der Waals surface area (Å²) in [7, 11) is 0. The van der Waals surface area contributed by atoms with E-state index in [2.05, 4.69) is 0 Å². The van der Waals surface area contributed by atoms with Crippen LogP contribution in [-0.4, -0.2) is 53.1 Å². The number of amides is 1. The monoisotopic (exact) mass is 389 g/mol. The van der Waals surface area contributed by atoms with Crippen LogP contribution in [0.15, 0.2) is 12.1 Å². The molecule has 2 aliphatic rings. The number of phenolic OH excluding ortho intramolecular Hbond substituents is 1. The van der Waals surface area contributed by atoms with E-state index in [-0.39, 0.29) is 29.4 Å². The number of hydrogen-bond donors (Lipinski definition) is 1. The van der Waals surface area contributed by atoms with Crippen LogP contribution in [0, 0.1) is 5.41 Å². The summed E-state index contributed by atoms with van der Waals surface area (Å²) in [6.07, 6.45) is 0.608. The van der Waals surface area contributed by atoms with Crippen molar-refractivity contribution in [3.05, 3.63) is 28.8 Å². The Labute approximate surface area is 164 Å². The predicted molar refractivity (Wildman–Crippen MR) is 101 cm³/mol. The molecule has 0 radical (unpaired) electrons. The maximum absolute atomic E-state index is 12.3. The molecule has 1 aromatic carbocycles. The highest BCUT2D eigenvalue weighted by Gasteiger charge is 2.50. The summed E-state index contributed by atoms with van der Waals surface area (Å²) in [4.78, 5) is 37.7. The molecule has 1 heterocycles. The van der Waals surface area contributed by atoms with Crippen molar-refractivity contribution in [3.8, 4) is 5.75 Å². The summed E-state index contributed by atoms with van der Waals surface area (Å²) in [5, 5.41) is 10.6. The molecule has 0 unspecified atom stereocenters. The minimum atomic E-state index is -0.601. The van der Waals surface area contributed by atoms with Gasteiger partial charge in [0.15, 0.2) is 5.78 Å². The van der Waals surface area contributed by atoms with E-state index in [0.717, 1.165) is 17.5 Å². The van der Waals surface area contributed by atoms with Gasteiger partial charge in [-0.15, -0.1) is 0 Å². The number of esters is 1. The van der Waals surface area contributed by atoms with Crippen LogP contribution in [0.4, 0.5) is 4.79 Å². The number of ether oxygens (including phenoxy) is 2. The Morgan fingerprint density at radius 2 is 1.86 bits per heavy atom. The first-order valence-corrected chi connectivity index (χ1v) is 9.54. The first-order chi connectivity index (χ1) is 13.0. The third-order valence-electron chi connectivity index (χ3n) is 5.11. The summed E-state index contributed by atoms with van der Waals surface area (Å²) >= 11 is 0. The number of rotatable bonds is 4. The number of aromatic hydroxyl groups is 1. The quantitative estimate of drug-likeness (QED) is 0.484. The maximum Gasteiger partial charge on any atom is 0.410 e. The van der Waals surface area contributed by atoms with Crippen molar-refractivity contribution in [2.75, 3.05) is 19.7 Å². The van der Waals surface area contributed by atoms with Crippen LogP contribution in [0.3, 0.4) is 0 Å². The lowest BCUT2D eigenvalue weighted by Crippen LogP contribution is -2.59. The maximum atomic E-state index is 12.3. The van der Waals surface area contributed by atoms with Gasteiger partial charge in [0.1, 0.15) is 17.8 Å². The molecule has 0 atom stereocenters. The normalized spacial score (nSPS) is 17.1. The van der Waals surface area contributed by atoms with Gasteiger partial charge in [0.05, 0.1) is 12.2 Å². The van der Waals surface area contributed by atoms with Crippen LogP contribution in [0.25, 0.3) is 0 Å². The number of nitrogens with zero attached hydrogens (tertiary/aromatic N) is 1. The molecular formula is C21H27NO6. The number of carbonyl (C=O) groups excluding carboxylic acids is 3. The van der Waals surface area contributed by atoms with Crippen LogP contribution in [0.2, 0.25) is 0 Å². The summed E-state index contributed by atoms with van der Waals surface area (Å²) in [5.74, 6) is -1.11. The molecule has 152 valence electrons. The molecule has 0 aromatic heterocycles. The lowest BCUT2D eigenvalue weighted by Gasteiger charge is -2.48. The second-order valence-electron chi connectivity index (χ2n) is 8.69. The van der Waals surface area contributed by atoms with Crippen LogP contribution in [0.5, 0.6) is 5.75 Å². The molecule has 1 aromatic rings. The summed E-state index contributed by atoms with van der Waals surface area (Å²) in [6, 6.07) is 3.40. The minimum Gasteiger partial charge on any atom is -0.507 e. The first kappa shape index (κ1) is 20.2. The Bertz CT molecular complexity index is 817. The molecule has 1 saturated heterocycles. The summed E-state index contributed by atoms with van der Waals surface area (Å²) in [5.41, 5.74) is 1.20. The molecule has 7 nitrogen and oxygen atoms in total. The van der Waals surface area contributed by atoms with E-state index in [0.29, 0.717) is 19.5 Å². The fourth-order valence-corrected chi connectivity index (χ4v) is 3.99. The molecule has 3 rings (SSSR count). The van der Waals surface area contributed by atoms with Crippen molar-refractivity contribution in [1.29, 1.82) is 0 Å². The van der Waals surface area contributed by atoms with Gasteiger partial charge in [0.2, 0.25) is 0 Å².